The van der Waals surface area contributed by atoms with Gasteiger partial charge in [-0.2, -0.15) is 5.10 Å². The van der Waals surface area contributed by atoms with Gasteiger partial charge in [-0.1, -0.05) is 39.3 Å². The molecule has 1 aliphatic heterocycles. The summed E-state index contributed by atoms with van der Waals surface area (Å²) in [6.07, 6.45) is 3.44. The Labute approximate surface area is 156 Å². The fourth-order valence-electron chi connectivity index (χ4n) is 3.15. The van der Waals surface area contributed by atoms with Crippen molar-refractivity contribution in [1.29, 1.82) is 0 Å². The Kier molecular flexibility index (Phi) is 7.08. The smallest absolute Gasteiger partial charge is 0.246 e. The molecule has 0 atom stereocenters. The summed E-state index contributed by atoms with van der Waals surface area (Å²) in [5.74, 6) is 1.18. The highest BCUT2D eigenvalue weighted by Crippen LogP contribution is 2.22. The SMILES string of the molecule is Cc1nn(CC(C)C)c(Cl)c1/C=C/C(=O)N1CCN(CC(C)C)CC1. The van der Waals surface area contributed by atoms with Crippen molar-refractivity contribution in [3.63, 3.8) is 0 Å². The zero-order chi connectivity index (χ0) is 18.6. The molecule has 0 radical (unpaired) electrons. The fraction of sp³-hybridized carbons (Fsp3) is 0.684. The first-order chi connectivity index (χ1) is 11.8. The largest absolute Gasteiger partial charge is 0.337 e. The Morgan fingerprint density at radius 1 is 1.12 bits per heavy atom. The number of halogens is 1. The number of hydrogen-bond acceptors (Lipinski definition) is 3. The number of piperazine rings is 1. The molecule has 140 valence electrons. The third-order valence-electron chi connectivity index (χ3n) is 4.35. The highest BCUT2D eigenvalue weighted by molar-refractivity contribution is 6.31. The molecule has 0 spiro atoms. The Morgan fingerprint density at radius 2 is 1.72 bits per heavy atom. The molecule has 0 aliphatic carbocycles. The highest BCUT2D eigenvalue weighted by atomic mass is 35.5. The normalized spacial score (nSPS) is 16.6. The van der Waals surface area contributed by atoms with E-state index in [1.165, 1.54) is 0 Å². The van der Waals surface area contributed by atoms with Crippen LogP contribution < -0.4 is 0 Å². The van der Waals surface area contributed by atoms with Crippen LogP contribution in [-0.4, -0.2) is 58.2 Å². The lowest BCUT2D eigenvalue weighted by atomic mass is 10.2. The van der Waals surface area contributed by atoms with Crippen LogP contribution in [0.25, 0.3) is 6.08 Å². The minimum atomic E-state index is 0.0521. The van der Waals surface area contributed by atoms with Crippen molar-refractivity contribution in [2.75, 3.05) is 32.7 Å². The lowest BCUT2D eigenvalue weighted by Gasteiger charge is -2.35. The van der Waals surface area contributed by atoms with Gasteiger partial charge in [-0.15, -0.1) is 0 Å². The average Bonchev–Trinajstić information content (AvgIpc) is 2.78. The van der Waals surface area contributed by atoms with Crippen LogP contribution in [0, 0.1) is 18.8 Å². The monoisotopic (exact) mass is 366 g/mol. The number of aromatic nitrogens is 2. The third-order valence-corrected chi connectivity index (χ3v) is 4.75. The van der Waals surface area contributed by atoms with Gasteiger partial charge in [-0.25, -0.2) is 0 Å². The Balaban J connectivity index is 1.96. The lowest BCUT2D eigenvalue weighted by Crippen LogP contribution is -2.49. The van der Waals surface area contributed by atoms with E-state index in [0.717, 1.165) is 50.5 Å². The molecule has 0 unspecified atom stereocenters. The van der Waals surface area contributed by atoms with Gasteiger partial charge in [0.1, 0.15) is 5.15 Å². The minimum Gasteiger partial charge on any atom is -0.337 e. The zero-order valence-corrected chi connectivity index (χ0v) is 16.9. The molecule has 6 heteroatoms. The van der Waals surface area contributed by atoms with Gasteiger partial charge in [0.15, 0.2) is 0 Å². The minimum absolute atomic E-state index is 0.0521. The molecule has 2 heterocycles. The molecular formula is C19H31ClN4O. The van der Waals surface area contributed by atoms with E-state index < -0.39 is 0 Å². The van der Waals surface area contributed by atoms with Gasteiger partial charge in [-0.05, 0) is 24.8 Å². The molecule has 1 saturated heterocycles. The maximum atomic E-state index is 12.5. The number of carbonyl (C=O) groups is 1. The predicted molar refractivity (Wildman–Crippen MR) is 104 cm³/mol. The number of amides is 1. The Bertz CT molecular complexity index is 613. The van der Waals surface area contributed by atoms with Crippen LogP contribution in [0.5, 0.6) is 0 Å². The lowest BCUT2D eigenvalue weighted by molar-refractivity contribution is -0.127. The molecule has 1 amide bonds. The third kappa shape index (κ3) is 5.58. The van der Waals surface area contributed by atoms with Crippen molar-refractivity contribution in [3.05, 3.63) is 22.5 Å². The Morgan fingerprint density at radius 3 is 2.28 bits per heavy atom. The summed E-state index contributed by atoms with van der Waals surface area (Å²) in [5, 5.41) is 5.09. The van der Waals surface area contributed by atoms with E-state index in [2.05, 4.69) is 37.7 Å². The van der Waals surface area contributed by atoms with Crippen molar-refractivity contribution >= 4 is 23.6 Å². The van der Waals surface area contributed by atoms with Crippen LogP contribution in [0.15, 0.2) is 6.08 Å². The van der Waals surface area contributed by atoms with E-state index >= 15 is 0 Å². The predicted octanol–water partition coefficient (Wildman–Crippen LogP) is 3.31. The molecule has 1 aromatic heterocycles. The molecular weight excluding hydrogens is 336 g/mol. The summed E-state index contributed by atoms with van der Waals surface area (Å²) in [6.45, 7) is 16.0. The second-order valence-electron chi connectivity index (χ2n) is 7.72. The van der Waals surface area contributed by atoms with Gasteiger partial charge >= 0.3 is 0 Å². The average molecular weight is 367 g/mol. The van der Waals surface area contributed by atoms with Gasteiger partial charge in [0, 0.05) is 50.9 Å². The standard InChI is InChI=1S/C19H31ClN4O/c1-14(2)12-22-8-10-23(11-9-22)18(25)7-6-17-16(5)21-24(19(17)20)13-15(3)4/h6-7,14-15H,8-13H2,1-5H3/b7-6+. The molecule has 2 rings (SSSR count). The molecule has 0 saturated carbocycles. The summed E-state index contributed by atoms with van der Waals surface area (Å²) >= 11 is 6.43. The van der Waals surface area contributed by atoms with Crippen LogP contribution in [0.4, 0.5) is 0 Å². The van der Waals surface area contributed by atoms with E-state index in [4.69, 9.17) is 11.6 Å². The van der Waals surface area contributed by atoms with Crippen LogP contribution in [0.1, 0.15) is 39.0 Å². The van der Waals surface area contributed by atoms with Gasteiger partial charge < -0.3 is 4.90 Å². The molecule has 25 heavy (non-hydrogen) atoms. The van der Waals surface area contributed by atoms with E-state index in [1.807, 2.05) is 22.6 Å². The van der Waals surface area contributed by atoms with Crippen LogP contribution >= 0.6 is 11.6 Å². The van der Waals surface area contributed by atoms with Crippen molar-refractivity contribution in [3.8, 4) is 0 Å². The number of carbonyl (C=O) groups excluding carboxylic acids is 1. The van der Waals surface area contributed by atoms with E-state index in [0.29, 0.717) is 17.0 Å². The van der Waals surface area contributed by atoms with Gasteiger partial charge in [0.25, 0.3) is 0 Å². The first-order valence-electron chi connectivity index (χ1n) is 9.20. The van der Waals surface area contributed by atoms with Crippen molar-refractivity contribution in [2.24, 2.45) is 11.8 Å². The number of aryl methyl sites for hydroxylation is 1. The van der Waals surface area contributed by atoms with Crippen LogP contribution in [0.2, 0.25) is 5.15 Å². The zero-order valence-electron chi connectivity index (χ0n) is 16.1. The molecule has 1 aromatic rings. The molecule has 0 bridgehead atoms. The fourth-order valence-corrected chi connectivity index (χ4v) is 3.46. The van der Waals surface area contributed by atoms with E-state index in [9.17, 15) is 4.79 Å². The molecule has 5 nitrogen and oxygen atoms in total. The van der Waals surface area contributed by atoms with Crippen LogP contribution in [-0.2, 0) is 11.3 Å². The first kappa shape index (κ1) is 20.0. The van der Waals surface area contributed by atoms with E-state index in [1.54, 1.807) is 6.08 Å². The maximum Gasteiger partial charge on any atom is 0.246 e. The van der Waals surface area contributed by atoms with Crippen molar-refractivity contribution in [2.45, 2.75) is 41.2 Å². The van der Waals surface area contributed by atoms with Gasteiger partial charge in [-0.3, -0.25) is 14.4 Å². The molecule has 1 fully saturated rings. The number of rotatable bonds is 6. The Hall–Kier alpha value is -1.33. The van der Waals surface area contributed by atoms with Gasteiger partial charge in [0.05, 0.1) is 5.69 Å². The second kappa shape index (κ2) is 8.86. The van der Waals surface area contributed by atoms with Crippen molar-refractivity contribution in [1.82, 2.24) is 19.6 Å². The summed E-state index contributed by atoms with van der Waals surface area (Å²) in [7, 11) is 0. The summed E-state index contributed by atoms with van der Waals surface area (Å²) in [4.78, 5) is 16.8. The first-order valence-corrected chi connectivity index (χ1v) is 9.58. The summed E-state index contributed by atoms with van der Waals surface area (Å²) < 4.78 is 1.82. The highest BCUT2D eigenvalue weighted by Gasteiger charge is 2.20. The summed E-state index contributed by atoms with van der Waals surface area (Å²) in [6, 6.07) is 0. The van der Waals surface area contributed by atoms with Crippen LogP contribution in [0.3, 0.4) is 0 Å². The topological polar surface area (TPSA) is 41.4 Å². The number of nitrogens with zero attached hydrogens (tertiary/aromatic N) is 4. The number of hydrogen-bond donors (Lipinski definition) is 0. The molecule has 0 aromatic carbocycles. The summed E-state index contributed by atoms with van der Waals surface area (Å²) in [5.41, 5.74) is 1.70. The maximum absolute atomic E-state index is 12.5. The molecule has 0 N–H and O–H groups in total. The second-order valence-corrected chi connectivity index (χ2v) is 8.08. The quantitative estimate of drug-likeness (QED) is 0.725. The van der Waals surface area contributed by atoms with Crippen molar-refractivity contribution < 1.29 is 4.79 Å². The van der Waals surface area contributed by atoms with E-state index in [-0.39, 0.29) is 5.91 Å². The molecule has 1 aliphatic rings. The van der Waals surface area contributed by atoms with Gasteiger partial charge in [0.2, 0.25) is 5.91 Å².